The van der Waals surface area contributed by atoms with Crippen molar-refractivity contribution in [3.05, 3.63) is 48.3 Å². The lowest BCUT2D eigenvalue weighted by atomic mass is 10.3. The third-order valence-electron chi connectivity index (χ3n) is 2.67. The summed E-state index contributed by atoms with van der Waals surface area (Å²) in [5.41, 5.74) is 1.08. The maximum Gasteiger partial charge on any atom is 0.325 e. The molecule has 3 aromatic rings. The molecule has 0 saturated carbocycles. The number of nitrogens with one attached hydrogen (secondary N) is 2. The Balaban J connectivity index is 1.74. The molecule has 3 N–H and O–H groups in total. The van der Waals surface area contributed by atoms with E-state index in [1.165, 1.54) is 35.6 Å². The fourth-order valence-electron chi connectivity index (χ4n) is 1.80. The molecule has 7 heteroatoms. The molecule has 2 amide bonds. The van der Waals surface area contributed by atoms with Crippen LogP contribution in [-0.2, 0) is 0 Å². The van der Waals surface area contributed by atoms with Gasteiger partial charge in [0.25, 0.3) is 0 Å². The lowest BCUT2D eigenvalue weighted by molar-refractivity contribution is 0.262. The topological polar surface area (TPSA) is 74.2 Å². The second-order valence-electron chi connectivity index (χ2n) is 4.26. The van der Waals surface area contributed by atoms with Crippen LogP contribution in [0.5, 0.6) is 5.75 Å². The van der Waals surface area contributed by atoms with Gasteiger partial charge in [0.05, 0.1) is 10.2 Å². The third-order valence-corrected chi connectivity index (χ3v) is 3.61. The number of nitrogens with zero attached hydrogens (tertiary/aromatic N) is 1. The van der Waals surface area contributed by atoms with Crippen LogP contribution in [0.15, 0.2) is 42.5 Å². The Morgan fingerprint density at radius 2 is 2.05 bits per heavy atom. The van der Waals surface area contributed by atoms with Gasteiger partial charge in [-0.25, -0.2) is 14.2 Å². The first-order valence-corrected chi connectivity index (χ1v) is 6.85. The van der Waals surface area contributed by atoms with E-state index in [-0.39, 0.29) is 11.6 Å². The molecule has 0 aliphatic carbocycles. The van der Waals surface area contributed by atoms with Gasteiger partial charge in [0, 0.05) is 11.8 Å². The van der Waals surface area contributed by atoms with Crippen LogP contribution in [0.4, 0.5) is 20.0 Å². The number of fused-ring (bicyclic) bond motifs is 1. The van der Waals surface area contributed by atoms with Crippen LogP contribution in [0.1, 0.15) is 0 Å². The van der Waals surface area contributed by atoms with E-state index in [1.54, 1.807) is 18.2 Å². The van der Waals surface area contributed by atoms with Gasteiger partial charge in [-0.15, -0.1) is 0 Å². The van der Waals surface area contributed by atoms with Crippen LogP contribution in [0.25, 0.3) is 10.2 Å². The molecular formula is C14H10FN3O2S. The fraction of sp³-hybridized carbons (Fsp3) is 0. The van der Waals surface area contributed by atoms with Crippen molar-refractivity contribution in [3.63, 3.8) is 0 Å². The SMILES string of the molecule is O=C(Nc1cccc(O)c1)Nc1nc2ccc(F)cc2s1. The zero-order chi connectivity index (χ0) is 14.8. The first-order chi connectivity index (χ1) is 10.1. The van der Waals surface area contributed by atoms with E-state index in [2.05, 4.69) is 15.6 Å². The number of amides is 2. The number of benzene rings is 2. The number of rotatable bonds is 2. The van der Waals surface area contributed by atoms with E-state index in [0.29, 0.717) is 21.0 Å². The Bertz CT molecular complexity index is 819. The molecule has 0 fully saturated rings. The predicted octanol–water partition coefficient (Wildman–Crippen LogP) is 3.79. The number of thiazole rings is 1. The molecule has 2 aromatic carbocycles. The Labute approximate surface area is 123 Å². The van der Waals surface area contributed by atoms with Crippen molar-refractivity contribution >= 4 is 38.4 Å². The Morgan fingerprint density at radius 1 is 1.19 bits per heavy atom. The molecule has 0 spiro atoms. The third kappa shape index (κ3) is 3.09. The number of phenols is 1. The van der Waals surface area contributed by atoms with Gasteiger partial charge in [-0.2, -0.15) is 0 Å². The molecule has 0 aliphatic heterocycles. The molecular weight excluding hydrogens is 293 g/mol. The van der Waals surface area contributed by atoms with E-state index >= 15 is 0 Å². The van der Waals surface area contributed by atoms with E-state index < -0.39 is 6.03 Å². The number of aromatic hydroxyl groups is 1. The van der Waals surface area contributed by atoms with E-state index in [1.807, 2.05) is 0 Å². The number of carbonyl (C=O) groups excluding carboxylic acids is 1. The van der Waals surface area contributed by atoms with Crippen molar-refractivity contribution in [2.24, 2.45) is 0 Å². The molecule has 106 valence electrons. The quantitative estimate of drug-likeness (QED) is 0.674. The largest absolute Gasteiger partial charge is 0.508 e. The number of phenolic OH excluding ortho intramolecular Hbond substituents is 1. The first kappa shape index (κ1) is 13.3. The summed E-state index contributed by atoms with van der Waals surface area (Å²) in [6, 6.07) is 9.94. The summed E-state index contributed by atoms with van der Waals surface area (Å²) in [6.07, 6.45) is 0. The van der Waals surface area contributed by atoms with Crippen LogP contribution in [-0.4, -0.2) is 16.1 Å². The fourth-order valence-corrected chi connectivity index (χ4v) is 2.68. The van der Waals surface area contributed by atoms with Crippen LogP contribution < -0.4 is 10.6 Å². The summed E-state index contributed by atoms with van der Waals surface area (Å²) in [5.74, 6) is -0.287. The Kier molecular flexibility index (Phi) is 3.41. The molecule has 0 unspecified atom stereocenters. The monoisotopic (exact) mass is 303 g/mol. The maximum absolute atomic E-state index is 13.1. The number of anilines is 2. The molecule has 0 atom stereocenters. The minimum absolute atomic E-state index is 0.0586. The summed E-state index contributed by atoms with van der Waals surface area (Å²) in [6.45, 7) is 0. The van der Waals surface area contributed by atoms with E-state index in [4.69, 9.17) is 0 Å². The lowest BCUT2D eigenvalue weighted by Crippen LogP contribution is -2.19. The molecule has 0 aliphatic rings. The van der Waals surface area contributed by atoms with Gasteiger partial charge in [-0.05, 0) is 30.3 Å². The highest BCUT2D eigenvalue weighted by molar-refractivity contribution is 7.22. The average molecular weight is 303 g/mol. The van der Waals surface area contributed by atoms with Gasteiger partial charge < -0.3 is 10.4 Å². The minimum atomic E-state index is -0.486. The molecule has 0 radical (unpaired) electrons. The van der Waals surface area contributed by atoms with Gasteiger partial charge >= 0.3 is 6.03 Å². The predicted molar refractivity (Wildman–Crippen MR) is 80.3 cm³/mol. The Morgan fingerprint density at radius 3 is 2.86 bits per heavy atom. The normalized spacial score (nSPS) is 10.5. The number of hydrogen-bond donors (Lipinski definition) is 3. The summed E-state index contributed by atoms with van der Waals surface area (Å²) >= 11 is 1.18. The van der Waals surface area contributed by atoms with Crippen LogP contribution >= 0.6 is 11.3 Å². The number of halogens is 1. The van der Waals surface area contributed by atoms with E-state index in [9.17, 15) is 14.3 Å². The first-order valence-electron chi connectivity index (χ1n) is 6.03. The summed E-state index contributed by atoms with van der Waals surface area (Å²) in [5, 5.41) is 14.8. The van der Waals surface area contributed by atoms with Gasteiger partial charge in [0.15, 0.2) is 5.13 Å². The number of aromatic nitrogens is 1. The lowest BCUT2D eigenvalue weighted by Gasteiger charge is -2.05. The highest BCUT2D eigenvalue weighted by Crippen LogP contribution is 2.26. The highest BCUT2D eigenvalue weighted by atomic mass is 32.1. The summed E-state index contributed by atoms with van der Waals surface area (Å²) in [7, 11) is 0. The van der Waals surface area contributed by atoms with Crippen molar-refractivity contribution in [2.45, 2.75) is 0 Å². The van der Waals surface area contributed by atoms with Crippen LogP contribution in [0, 0.1) is 5.82 Å². The van der Waals surface area contributed by atoms with Crippen LogP contribution in [0.3, 0.4) is 0 Å². The van der Waals surface area contributed by atoms with Crippen LogP contribution in [0.2, 0.25) is 0 Å². The number of carbonyl (C=O) groups is 1. The zero-order valence-electron chi connectivity index (χ0n) is 10.6. The minimum Gasteiger partial charge on any atom is -0.508 e. The van der Waals surface area contributed by atoms with Gasteiger partial charge in [0.1, 0.15) is 11.6 Å². The molecule has 1 heterocycles. The summed E-state index contributed by atoms with van der Waals surface area (Å²) < 4.78 is 13.7. The molecule has 1 aromatic heterocycles. The number of urea groups is 1. The standard InChI is InChI=1S/C14H10FN3O2S/c15-8-4-5-11-12(6-8)21-14(17-11)18-13(20)16-9-2-1-3-10(19)7-9/h1-7,19H,(H2,16,17,18,20). The second-order valence-corrected chi connectivity index (χ2v) is 5.29. The molecule has 5 nitrogen and oxygen atoms in total. The van der Waals surface area contributed by atoms with Crippen molar-refractivity contribution in [3.8, 4) is 5.75 Å². The summed E-state index contributed by atoms with van der Waals surface area (Å²) in [4.78, 5) is 16.0. The zero-order valence-corrected chi connectivity index (χ0v) is 11.4. The second kappa shape index (κ2) is 5.37. The Hall–Kier alpha value is -2.67. The van der Waals surface area contributed by atoms with Crippen molar-refractivity contribution < 1.29 is 14.3 Å². The van der Waals surface area contributed by atoms with Gasteiger partial charge in [0.2, 0.25) is 0 Å². The molecule has 0 bridgehead atoms. The highest BCUT2D eigenvalue weighted by Gasteiger charge is 2.08. The average Bonchev–Trinajstić information content (AvgIpc) is 2.79. The van der Waals surface area contributed by atoms with Crippen molar-refractivity contribution in [1.29, 1.82) is 0 Å². The van der Waals surface area contributed by atoms with Crippen molar-refractivity contribution in [2.75, 3.05) is 10.6 Å². The molecule has 3 rings (SSSR count). The smallest absolute Gasteiger partial charge is 0.325 e. The molecule has 21 heavy (non-hydrogen) atoms. The number of hydrogen-bond acceptors (Lipinski definition) is 4. The maximum atomic E-state index is 13.1. The van der Waals surface area contributed by atoms with Gasteiger partial charge in [-0.1, -0.05) is 17.4 Å². The van der Waals surface area contributed by atoms with Gasteiger partial charge in [-0.3, -0.25) is 5.32 Å². The van der Waals surface area contributed by atoms with E-state index in [0.717, 1.165) is 0 Å². The molecule has 0 saturated heterocycles. The van der Waals surface area contributed by atoms with Crippen molar-refractivity contribution in [1.82, 2.24) is 4.98 Å².